The number of fused-ring (bicyclic) bond motifs is 1. The van der Waals surface area contributed by atoms with Crippen molar-refractivity contribution >= 4 is 17.4 Å². The average Bonchev–Trinajstić information content (AvgIpc) is 2.84. The number of rotatable bonds is 6. The number of ketones is 1. The summed E-state index contributed by atoms with van der Waals surface area (Å²) in [5, 5.41) is 11.0. The number of carbonyl (C=O) groups is 2. The molecule has 0 spiro atoms. The number of hydrogen-bond acceptors (Lipinski definition) is 4. The Morgan fingerprint density at radius 3 is 2.38 bits per heavy atom. The SMILES string of the molecule is CC(=O)CC1(O)C(=O)N(CCOc2ccc(C(C)(C)C)cc2)c2c(C)cccc21. The smallest absolute Gasteiger partial charge is 0.264 e. The Balaban J connectivity index is 1.76. The fourth-order valence-corrected chi connectivity index (χ4v) is 3.84. The summed E-state index contributed by atoms with van der Waals surface area (Å²) in [7, 11) is 0. The zero-order valence-corrected chi connectivity index (χ0v) is 17.8. The molecular weight excluding hydrogens is 366 g/mol. The number of hydrogen-bond donors (Lipinski definition) is 1. The Kier molecular flexibility index (Phi) is 5.54. The molecule has 0 aromatic heterocycles. The van der Waals surface area contributed by atoms with Crippen LogP contribution in [0.25, 0.3) is 0 Å². The minimum absolute atomic E-state index is 0.0723. The average molecular weight is 395 g/mol. The van der Waals surface area contributed by atoms with Gasteiger partial charge in [-0.2, -0.15) is 0 Å². The standard InChI is InChI=1S/C24H29NO4/c1-16-7-6-8-20-21(16)25(22(27)24(20,28)15-17(2)26)13-14-29-19-11-9-18(10-12-19)23(3,4)5/h6-12,28H,13-15H2,1-5H3. The molecule has 0 bridgehead atoms. The topological polar surface area (TPSA) is 66.8 Å². The first-order valence-electron chi connectivity index (χ1n) is 9.91. The van der Waals surface area contributed by atoms with Gasteiger partial charge in [-0.1, -0.05) is 51.1 Å². The van der Waals surface area contributed by atoms with E-state index in [4.69, 9.17) is 4.74 Å². The van der Waals surface area contributed by atoms with E-state index in [1.54, 1.807) is 12.1 Å². The Morgan fingerprint density at radius 2 is 1.79 bits per heavy atom. The Bertz CT molecular complexity index is 927. The van der Waals surface area contributed by atoms with Crippen molar-refractivity contribution < 1.29 is 19.4 Å². The summed E-state index contributed by atoms with van der Waals surface area (Å²) < 4.78 is 5.85. The predicted molar refractivity (Wildman–Crippen MR) is 113 cm³/mol. The summed E-state index contributed by atoms with van der Waals surface area (Å²) in [6, 6.07) is 13.3. The molecular formula is C24H29NO4. The zero-order valence-electron chi connectivity index (χ0n) is 17.8. The molecule has 0 saturated carbocycles. The summed E-state index contributed by atoms with van der Waals surface area (Å²) in [4.78, 5) is 26.3. The molecule has 0 radical (unpaired) electrons. The van der Waals surface area contributed by atoms with Crippen molar-refractivity contribution in [1.29, 1.82) is 0 Å². The molecule has 2 aromatic rings. The number of anilines is 1. The van der Waals surface area contributed by atoms with Crippen LogP contribution in [0.2, 0.25) is 0 Å². The van der Waals surface area contributed by atoms with Gasteiger partial charge in [-0.25, -0.2) is 0 Å². The van der Waals surface area contributed by atoms with Crippen molar-refractivity contribution in [3.63, 3.8) is 0 Å². The highest BCUT2D eigenvalue weighted by atomic mass is 16.5. The number of para-hydroxylation sites is 1. The van der Waals surface area contributed by atoms with E-state index in [1.807, 2.05) is 37.3 Å². The second-order valence-corrected chi connectivity index (χ2v) is 8.79. The lowest BCUT2D eigenvalue weighted by Gasteiger charge is -2.22. The molecule has 5 heteroatoms. The van der Waals surface area contributed by atoms with Crippen molar-refractivity contribution in [3.8, 4) is 5.75 Å². The van der Waals surface area contributed by atoms with Crippen molar-refractivity contribution in [1.82, 2.24) is 0 Å². The van der Waals surface area contributed by atoms with Gasteiger partial charge in [0.15, 0.2) is 5.60 Å². The first-order valence-corrected chi connectivity index (χ1v) is 9.91. The third-order valence-corrected chi connectivity index (χ3v) is 5.36. The van der Waals surface area contributed by atoms with Crippen LogP contribution in [0.1, 0.15) is 50.8 Å². The monoisotopic (exact) mass is 395 g/mol. The van der Waals surface area contributed by atoms with Gasteiger partial charge in [0.2, 0.25) is 0 Å². The van der Waals surface area contributed by atoms with Gasteiger partial charge in [0.05, 0.1) is 12.2 Å². The van der Waals surface area contributed by atoms with E-state index < -0.39 is 11.5 Å². The second-order valence-electron chi connectivity index (χ2n) is 8.79. The molecule has 1 aliphatic rings. The van der Waals surface area contributed by atoms with Gasteiger partial charge < -0.3 is 14.7 Å². The lowest BCUT2D eigenvalue weighted by molar-refractivity contribution is -0.141. The molecule has 2 aromatic carbocycles. The molecule has 1 amide bonds. The van der Waals surface area contributed by atoms with Gasteiger partial charge in [-0.3, -0.25) is 9.59 Å². The van der Waals surface area contributed by atoms with Gasteiger partial charge >= 0.3 is 0 Å². The van der Waals surface area contributed by atoms with E-state index in [0.29, 0.717) is 11.3 Å². The number of benzene rings is 2. The van der Waals surface area contributed by atoms with Crippen LogP contribution in [0.5, 0.6) is 5.75 Å². The number of nitrogens with zero attached hydrogens (tertiary/aromatic N) is 1. The summed E-state index contributed by atoms with van der Waals surface area (Å²) in [5.74, 6) is 0.0303. The minimum atomic E-state index is -1.80. The molecule has 1 atom stereocenters. The summed E-state index contributed by atoms with van der Waals surface area (Å²) in [6.45, 7) is 10.3. The van der Waals surface area contributed by atoms with Crippen molar-refractivity contribution in [2.75, 3.05) is 18.1 Å². The molecule has 3 rings (SSSR count). The third kappa shape index (κ3) is 4.06. The number of Topliss-reactive ketones (excluding diaryl/α,β-unsaturated/α-hetero) is 1. The predicted octanol–water partition coefficient (Wildman–Crippen LogP) is 3.88. The van der Waals surface area contributed by atoms with E-state index in [2.05, 4.69) is 20.8 Å². The van der Waals surface area contributed by atoms with Crippen molar-refractivity contribution in [2.24, 2.45) is 0 Å². The first kappa shape index (κ1) is 21.1. The third-order valence-electron chi connectivity index (χ3n) is 5.36. The number of aryl methyl sites for hydroxylation is 1. The number of carbonyl (C=O) groups excluding carboxylic acids is 2. The quantitative estimate of drug-likeness (QED) is 0.806. The van der Waals surface area contributed by atoms with Crippen LogP contribution in [0, 0.1) is 6.92 Å². The van der Waals surface area contributed by atoms with Gasteiger partial charge in [0.25, 0.3) is 5.91 Å². The Morgan fingerprint density at radius 1 is 1.14 bits per heavy atom. The molecule has 29 heavy (non-hydrogen) atoms. The molecule has 5 nitrogen and oxygen atoms in total. The zero-order chi connectivity index (χ0) is 21.4. The van der Waals surface area contributed by atoms with Crippen LogP contribution in [0.4, 0.5) is 5.69 Å². The molecule has 0 fully saturated rings. The van der Waals surface area contributed by atoms with Gasteiger partial charge in [0, 0.05) is 12.0 Å². The van der Waals surface area contributed by atoms with Crippen molar-refractivity contribution in [2.45, 2.75) is 52.1 Å². The number of ether oxygens (including phenoxy) is 1. The van der Waals surface area contributed by atoms with E-state index in [-0.39, 0.29) is 30.8 Å². The highest BCUT2D eigenvalue weighted by Gasteiger charge is 2.50. The normalized spacial score (nSPS) is 18.7. The highest BCUT2D eigenvalue weighted by molar-refractivity contribution is 6.09. The van der Waals surface area contributed by atoms with E-state index >= 15 is 0 Å². The maximum Gasteiger partial charge on any atom is 0.264 e. The molecule has 0 aliphatic carbocycles. The molecule has 154 valence electrons. The Hall–Kier alpha value is -2.66. The van der Waals surface area contributed by atoms with Crippen LogP contribution < -0.4 is 9.64 Å². The van der Waals surface area contributed by atoms with E-state index in [1.165, 1.54) is 17.4 Å². The molecule has 1 unspecified atom stereocenters. The maximum atomic E-state index is 13.0. The fourth-order valence-electron chi connectivity index (χ4n) is 3.84. The van der Waals surface area contributed by atoms with Crippen LogP contribution in [0.3, 0.4) is 0 Å². The summed E-state index contributed by atoms with van der Waals surface area (Å²) >= 11 is 0. The van der Waals surface area contributed by atoms with Crippen LogP contribution in [0.15, 0.2) is 42.5 Å². The van der Waals surface area contributed by atoms with Crippen molar-refractivity contribution in [3.05, 3.63) is 59.2 Å². The molecule has 0 saturated heterocycles. The van der Waals surface area contributed by atoms with Crippen LogP contribution in [-0.4, -0.2) is 29.9 Å². The van der Waals surface area contributed by atoms with Gasteiger partial charge in [0.1, 0.15) is 18.1 Å². The van der Waals surface area contributed by atoms with Gasteiger partial charge in [-0.05, 0) is 42.5 Å². The minimum Gasteiger partial charge on any atom is -0.492 e. The number of amides is 1. The highest BCUT2D eigenvalue weighted by Crippen LogP contribution is 2.44. The summed E-state index contributed by atoms with van der Waals surface area (Å²) in [6.07, 6.45) is -0.228. The fraction of sp³-hybridized carbons (Fsp3) is 0.417. The molecule has 1 aliphatic heterocycles. The maximum absolute atomic E-state index is 13.0. The largest absolute Gasteiger partial charge is 0.492 e. The first-order chi connectivity index (χ1) is 13.5. The van der Waals surface area contributed by atoms with Gasteiger partial charge in [-0.15, -0.1) is 0 Å². The van der Waals surface area contributed by atoms with Crippen LogP contribution in [-0.2, 0) is 20.6 Å². The number of aliphatic hydroxyl groups is 1. The second kappa shape index (κ2) is 7.64. The Labute approximate surface area is 172 Å². The van der Waals surface area contributed by atoms with Crippen LogP contribution >= 0.6 is 0 Å². The molecule has 1 N–H and O–H groups in total. The van der Waals surface area contributed by atoms with E-state index in [9.17, 15) is 14.7 Å². The lowest BCUT2D eigenvalue weighted by Crippen LogP contribution is -2.43. The van der Waals surface area contributed by atoms with E-state index in [0.717, 1.165) is 11.3 Å². The molecule has 1 heterocycles. The summed E-state index contributed by atoms with van der Waals surface area (Å²) in [5.41, 5.74) is 1.54. The lowest BCUT2D eigenvalue weighted by atomic mass is 9.87.